The van der Waals surface area contributed by atoms with Gasteiger partial charge in [-0.25, -0.2) is 4.79 Å². The molecule has 86 valence electrons. The minimum absolute atomic E-state index is 0.187. The van der Waals surface area contributed by atoms with E-state index >= 15 is 0 Å². The summed E-state index contributed by atoms with van der Waals surface area (Å²) in [5.41, 5.74) is -0.747. The molecule has 0 heterocycles. The molecule has 0 aliphatic carbocycles. The lowest BCUT2D eigenvalue weighted by molar-refractivity contribution is -0.131. The molecule has 4 nitrogen and oxygen atoms in total. The van der Waals surface area contributed by atoms with Crippen molar-refractivity contribution in [3.63, 3.8) is 0 Å². The van der Waals surface area contributed by atoms with Crippen molar-refractivity contribution in [1.82, 2.24) is 0 Å². The van der Waals surface area contributed by atoms with E-state index in [9.17, 15) is 14.7 Å². The van der Waals surface area contributed by atoms with Crippen molar-refractivity contribution in [2.24, 2.45) is 5.41 Å². The Balaban J connectivity index is 4.45. The Bertz CT molecular complexity index is 241. The zero-order valence-electron chi connectivity index (χ0n) is 9.14. The fourth-order valence-corrected chi connectivity index (χ4v) is 1.50. The predicted octanol–water partition coefficient (Wildman–Crippen LogP) is 1.38. The largest absolute Gasteiger partial charge is 0.478 e. The fraction of sp³-hybridized carbons (Fsp3) is 0.636. The van der Waals surface area contributed by atoms with E-state index in [1.807, 2.05) is 13.8 Å². The molecule has 15 heavy (non-hydrogen) atoms. The van der Waals surface area contributed by atoms with Crippen LogP contribution in [0.2, 0.25) is 0 Å². The van der Waals surface area contributed by atoms with Crippen LogP contribution in [-0.2, 0) is 9.59 Å². The zero-order valence-corrected chi connectivity index (χ0v) is 9.14. The Morgan fingerprint density at radius 2 is 1.93 bits per heavy atom. The van der Waals surface area contributed by atoms with Gasteiger partial charge >= 0.3 is 5.97 Å². The van der Waals surface area contributed by atoms with E-state index in [1.165, 1.54) is 6.08 Å². The van der Waals surface area contributed by atoms with Gasteiger partial charge in [-0.3, -0.25) is 0 Å². The third-order valence-electron chi connectivity index (χ3n) is 2.83. The fourth-order valence-electron chi connectivity index (χ4n) is 1.50. The van der Waals surface area contributed by atoms with Crippen molar-refractivity contribution in [1.29, 1.82) is 0 Å². The first-order chi connectivity index (χ1) is 7.02. The summed E-state index contributed by atoms with van der Waals surface area (Å²) in [5, 5.41) is 18.2. The Morgan fingerprint density at radius 1 is 1.40 bits per heavy atom. The van der Waals surface area contributed by atoms with E-state index in [0.29, 0.717) is 12.8 Å². The van der Waals surface area contributed by atoms with Gasteiger partial charge in [0.05, 0.1) is 11.5 Å². The maximum atomic E-state index is 10.9. The summed E-state index contributed by atoms with van der Waals surface area (Å²) in [4.78, 5) is 21.1. The molecule has 1 atom stereocenters. The first kappa shape index (κ1) is 13.8. The van der Waals surface area contributed by atoms with Crippen LogP contribution < -0.4 is 0 Å². The van der Waals surface area contributed by atoms with Crippen molar-refractivity contribution >= 4 is 12.3 Å². The Morgan fingerprint density at radius 3 is 2.27 bits per heavy atom. The van der Waals surface area contributed by atoms with Gasteiger partial charge in [-0.05, 0) is 19.3 Å². The third-order valence-corrected chi connectivity index (χ3v) is 2.83. The molecule has 0 rings (SSSR count). The number of aliphatic hydroxyl groups is 1. The highest BCUT2D eigenvalue weighted by Gasteiger charge is 2.33. The highest BCUT2D eigenvalue weighted by Crippen LogP contribution is 2.30. The maximum absolute atomic E-state index is 10.9. The number of carbonyl (C=O) groups is 2. The summed E-state index contributed by atoms with van der Waals surface area (Å²) < 4.78 is 0. The topological polar surface area (TPSA) is 74.6 Å². The van der Waals surface area contributed by atoms with Crippen LogP contribution in [-0.4, -0.2) is 28.6 Å². The van der Waals surface area contributed by atoms with Gasteiger partial charge in [0.2, 0.25) is 0 Å². The predicted molar refractivity (Wildman–Crippen MR) is 56.5 cm³/mol. The molecule has 0 bridgehead atoms. The number of hydrogen-bond donors (Lipinski definition) is 2. The molecule has 0 aliphatic rings. The quantitative estimate of drug-likeness (QED) is 0.496. The first-order valence-corrected chi connectivity index (χ1v) is 5.06. The lowest BCUT2D eigenvalue weighted by atomic mass is 9.77. The first-order valence-electron chi connectivity index (χ1n) is 5.06. The Labute approximate surface area is 89.6 Å². The minimum atomic E-state index is -1.05. The second kappa shape index (κ2) is 6.35. The number of carboxylic acids is 1. The van der Waals surface area contributed by atoms with Gasteiger partial charge in [-0.15, -0.1) is 0 Å². The third kappa shape index (κ3) is 3.83. The van der Waals surface area contributed by atoms with Gasteiger partial charge < -0.3 is 15.0 Å². The number of rotatable bonds is 7. The number of hydrogen-bond acceptors (Lipinski definition) is 3. The summed E-state index contributed by atoms with van der Waals surface area (Å²) in [7, 11) is 0. The van der Waals surface area contributed by atoms with Crippen LogP contribution >= 0.6 is 0 Å². The highest BCUT2D eigenvalue weighted by atomic mass is 16.4. The van der Waals surface area contributed by atoms with Gasteiger partial charge in [-0.1, -0.05) is 19.9 Å². The molecular formula is C11H18O4. The molecule has 2 N–H and O–H groups in total. The summed E-state index contributed by atoms with van der Waals surface area (Å²) in [6, 6.07) is 0. The Kier molecular flexibility index (Phi) is 5.86. The van der Waals surface area contributed by atoms with Crippen LogP contribution in [0.3, 0.4) is 0 Å². The van der Waals surface area contributed by atoms with Gasteiger partial charge in [0.25, 0.3) is 0 Å². The second-order valence-electron chi connectivity index (χ2n) is 3.55. The molecule has 0 saturated heterocycles. The van der Waals surface area contributed by atoms with Gasteiger partial charge in [0.15, 0.2) is 0 Å². The van der Waals surface area contributed by atoms with Gasteiger partial charge in [0, 0.05) is 6.08 Å². The van der Waals surface area contributed by atoms with Gasteiger partial charge in [-0.2, -0.15) is 0 Å². The van der Waals surface area contributed by atoms with Crippen molar-refractivity contribution < 1.29 is 19.8 Å². The molecule has 4 heteroatoms. The molecule has 0 spiro atoms. The van der Waals surface area contributed by atoms with Crippen molar-refractivity contribution in [3.8, 4) is 0 Å². The van der Waals surface area contributed by atoms with Crippen LogP contribution in [0, 0.1) is 5.41 Å². The zero-order chi connectivity index (χ0) is 11.9. The van der Waals surface area contributed by atoms with E-state index < -0.39 is 17.5 Å². The lowest BCUT2D eigenvalue weighted by Crippen LogP contribution is -2.35. The summed E-state index contributed by atoms with van der Waals surface area (Å²) in [5.74, 6) is -1.05. The maximum Gasteiger partial charge on any atom is 0.327 e. The normalized spacial score (nSPS) is 14.1. The van der Waals surface area contributed by atoms with E-state index in [0.717, 1.165) is 12.4 Å². The van der Waals surface area contributed by atoms with Crippen molar-refractivity contribution in [3.05, 3.63) is 12.2 Å². The van der Waals surface area contributed by atoms with E-state index in [2.05, 4.69) is 0 Å². The number of aliphatic carboxylic acids is 1. The molecule has 0 aromatic heterocycles. The van der Waals surface area contributed by atoms with Crippen LogP contribution in [0.5, 0.6) is 0 Å². The molecule has 0 fully saturated rings. The van der Waals surface area contributed by atoms with Gasteiger partial charge in [0.1, 0.15) is 6.29 Å². The van der Waals surface area contributed by atoms with Crippen LogP contribution in [0.25, 0.3) is 0 Å². The molecular weight excluding hydrogens is 196 g/mol. The molecule has 0 radical (unpaired) electrons. The van der Waals surface area contributed by atoms with Crippen LogP contribution in [0.15, 0.2) is 12.2 Å². The molecule has 0 saturated carbocycles. The average molecular weight is 214 g/mol. The van der Waals surface area contributed by atoms with Crippen molar-refractivity contribution in [2.75, 3.05) is 0 Å². The van der Waals surface area contributed by atoms with Crippen LogP contribution in [0.1, 0.15) is 33.1 Å². The van der Waals surface area contributed by atoms with E-state index in [1.54, 1.807) is 0 Å². The molecule has 0 aliphatic heterocycles. The number of aliphatic hydroxyl groups excluding tert-OH is 1. The molecule has 0 aromatic rings. The number of carbonyl (C=O) groups excluding carboxylic acids is 1. The standard InChI is InChI=1S/C11H18O4/c1-3-11(4-2,8-12)9(13)6-5-7-10(14)15/h5,7-9,13H,3-4,6H2,1-2H3,(H,14,15). The Hall–Kier alpha value is -1.16. The number of aldehydes is 1. The second-order valence-corrected chi connectivity index (χ2v) is 3.55. The van der Waals surface area contributed by atoms with E-state index in [4.69, 9.17) is 5.11 Å². The molecule has 0 aromatic carbocycles. The monoisotopic (exact) mass is 214 g/mol. The minimum Gasteiger partial charge on any atom is -0.478 e. The summed E-state index contributed by atoms with van der Waals surface area (Å²) in [6.07, 6.45) is 3.59. The average Bonchev–Trinajstić information content (AvgIpc) is 2.21. The lowest BCUT2D eigenvalue weighted by Gasteiger charge is -2.30. The number of carboxylic acid groups (broad SMARTS) is 1. The van der Waals surface area contributed by atoms with E-state index in [-0.39, 0.29) is 6.42 Å². The smallest absolute Gasteiger partial charge is 0.327 e. The van der Waals surface area contributed by atoms with Crippen molar-refractivity contribution in [2.45, 2.75) is 39.2 Å². The van der Waals surface area contributed by atoms with Crippen LogP contribution in [0.4, 0.5) is 0 Å². The summed E-state index contributed by atoms with van der Waals surface area (Å²) in [6.45, 7) is 3.67. The molecule has 1 unspecified atom stereocenters. The highest BCUT2D eigenvalue weighted by molar-refractivity contribution is 5.79. The molecule has 0 amide bonds. The summed E-state index contributed by atoms with van der Waals surface area (Å²) >= 11 is 0. The SMILES string of the molecule is CCC(C=O)(CC)C(O)CC=CC(=O)O.